The number of aliphatic hydroxyl groups excluding tert-OH is 13. The van der Waals surface area contributed by atoms with E-state index < -0.39 is 247 Å². The van der Waals surface area contributed by atoms with Gasteiger partial charge in [-0.25, -0.2) is 9.59 Å². The summed E-state index contributed by atoms with van der Waals surface area (Å²) in [6.07, 6.45) is -46.2. The van der Waals surface area contributed by atoms with Gasteiger partial charge in [-0.15, -0.1) is 0 Å². The van der Waals surface area contributed by atoms with E-state index in [0.29, 0.717) is 25.7 Å². The second kappa shape index (κ2) is 39.6. The average molecular weight is 1440 g/mol. The molecule has 7 heterocycles. The zero-order valence-corrected chi connectivity index (χ0v) is 58.3. The van der Waals surface area contributed by atoms with Crippen LogP contribution in [-0.2, 0) is 95.0 Å². The molecule has 0 aromatic heterocycles. The highest BCUT2D eigenvalue weighted by atomic mass is 16.8. The van der Waals surface area contributed by atoms with Crippen LogP contribution in [0.15, 0.2) is 23.3 Å². The minimum absolute atomic E-state index is 0.0208. The van der Waals surface area contributed by atoms with Crippen LogP contribution < -0.4 is 0 Å². The summed E-state index contributed by atoms with van der Waals surface area (Å²) >= 11 is 0. The summed E-state index contributed by atoms with van der Waals surface area (Å²) < 4.78 is 101. The molecule has 100 heavy (non-hydrogen) atoms. The molecule has 576 valence electrons. The third kappa shape index (κ3) is 20.7. The van der Waals surface area contributed by atoms with E-state index in [1.807, 2.05) is 6.92 Å². The molecule has 0 saturated carbocycles. The van der Waals surface area contributed by atoms with Crippen molar-refractivity contribution in [2.24, 2.45) is 5.92 Å². The van der Waals surface area contributed by atoms with Gasteiger partial charge in [0.25, 0.3) is 0 Å². The summed E-state index contributed by atoms with van der Waals surface area (Å²) in [6.45, 7) is 9.91. The molecule has 2 bridgehead atoms. The SMILES string of the molecule is C/C=C(\C)C(=O)O[C@@H]1[C@@H](O)[C@H](O[C@@H]2[C@@H](OC(=O)/C(C)=C/C)[C@H](C)O[C@@H](OC3C4OC(CO)C(O)C3OC3OC(CO)C(O)C(O)C3OC(=O)CCCCCCCCC[C@H](CCCCC)OC3OC(C)C(O)C(O)C3O4)[C@@H]2OC(=O)[C@@H](C)CC)O[C@H](CO)[C@H]1O[C@@H]1O[C@H](CO)[C@@H](O)[C@H](O)[C@H]1O. The van der Waals surface area contributed by atoms with Gasteiger partial charge in [0.2, 0.25) is 0 Å². The lowest BCUT2D eigenvalue weighted by atomic mass is 9.94. The Morgan fingerprint density at radius 1 is 0.470 bits per heavy atom. The number of carbonyl (C=O) groups is 4. The first-order valence-electron chi connectivity index (χ1n) is 35.2. The lowest BCUT2D eigenvalue weighted by Crippen LogP contribution is -2.70. The molecule has 33 nitrogen and oxygen atoms in total. The second-order valence-electron chi connectivity index (χ2n) is 26.9. The summed E-state index contributed by atoms with van der Waals surface area (Å²) in [4.78, 5) is 56.3. The molecule has 0 aliphatic carbocycles. The van der Waals surface area contributed by atoms with Crippen molar-refractivity contribution in [3.63, 3.8) is 0 Å². The molecular formula is C67H110O33. The molecule has 0 aromatic rings. The molecule has 15 unspecified atom stereocenters. The topological polar surface area (TPSA) is 479 Å². The zero-order chi connectivity index (χ0) is 73.4. The summed E-state index contributed by atoms with van der Waals surface area (Å²) in [5.74, 6) is -4.88. The fourth-order valence-electron chi connectivity index (χ4n) is 12.8. The number of aliphatic hydroxyl groups is 13. The van der Waals surface area contributed by atoms with E-state index >= 15 is 0 Å². The number of esters is 4. The predicted molar refractivity (Wildman–Crippen MR) is 338 cm³/mol. The van der Waals surface area contributed by atoms with Gasteiger partial charge in [-0.1, -0.05) is 90.7 Å². The van der Waals surface area contributed by atoms with Gasteiger partial charge in [-0.3, -0.25) is 9.59 Å². The van der Waals surface area contributed by atoms with Gasteiger partial charge in [-0.05, 0) is 67.2 Å². The van der Waals surface area contributed by atoms with Crippen molar-refractivity contribution in [3.05, 3.63) is 23.3 Å². The lowest BCUT2D eigenvalue weighted by molar-refractivity contribution is -0.414. The number of allylic oxidation sites excluding steroid dienone is 2. The van der Waals surface area contributed by atoms with E-state index in [2.05, 4.69) is 0 Å². The van der Waals surface area contributed by atoms with Gasteiger partial charge in [0, 0.05) is 17.6 Å². The average Bonchev–Trinajstić information content (AvgIpc) is 0.759. The lowest BCUT2D eigenvalue weighted by Gasteiger charge is -2.52. The maximum Gasteiger partial charge on any atom is 0.333 e. The van der Waals surface area contributed by atoms with Crippen LogP contribution in [-0.4, -0.2) is 307 Å². The van der Waals surface area contributed by atoms with Crippen molar-refractivity contribution < 1.29 is 161 Å². The smallest absolute Gasteiger partial charge is 0.333 e. The van der Waals surface area contributed by atoms with Crippen LogP contribution in [0.5, 0.6) is 0 Å². The van der Waals surface area contributed by atoms with Crippen molar-refractivity contribution in [1.29, 1.82) is 0 Å². The zero-order valence-electron chi connectivity index (χ0n) is 58.3. The standard InChI is InChI=1S/C67H110O33/c1-10-14-20-23-35-24-21-18-16-15-17-19-22-25-40(72)92-54-47(79)43(75)37(27-69)89-65(54)97-52-44(76)38(28-70)90-67(98-55-46(78)41(73)33(8)85-64(55)87-35)57(52)100-66-58(95-61(84)32(7)13-4)56(50(34(9)86-66)93-59(82)30(5)11-2)99-63-49(81)53(94-60(83)31(6)12-3)51(39(29-71)91-63)96-62-48(80)45(77)42(74)36(26-68)88-62/h11-12,32-39,41-58,62-71,73-81H,10,13-29H2,1-9H3/b30-11+,31-12+/t32-,33?,34-,35-,36+,37?,38?,39+,41?,42+,43?,44?,45-,46?,47?,48+,49+,50-,51+,52?,53+,54?,55?,56+,57?,58+,62-,63-,64?,65?,66-,67?/m0/s1. The number of rotatable bonds is 21. The molecule has 33 heteroatoms. The van der Waals surface area contributed by atoms with Crippen molar-refractivity contribution >= 4 is 23.9 Å². The van der Waals surface area contributed by atoms with Gasteiger partial charge in [0.05, 0.1) is 50.7 Å². The first-order chi connectivity index (χ1) is 47.7. The van der Waals surface area contributed by atoms with E-state index in [9.17, 15) is 85.6 Å². The van der Waals surface area contributed by atoms with Crippen LogP contribution in [0.4, 0.5) is 0 Å². The molecule has 32 atom stereocenters. The number of carbonyl (C=O) groups excluding carboxylic acids is 4. The molecule has 0 radical (unpaired) electrons. The predicted octanol–water partition coefficient (Wildman–Crippen LogP) is -1.37. The Morgan fingerprint density at radius 2 is 0.990 bits per heavy atom. The minimum Gasteiger partial charge on any atom is -0.454 e. The van der Waals surface area contributed by atoms with Gasteiger partial charge in [-0.2, -0.15) is 0 Å². The van der Waals surface area contributed by atoms with Crippen LogP contribution in [0, 0.1) is 5.92 Å². The fourth-order valence-corrected chi connectivity index (χ4v) is 12.8. The van der Waals surface area contributed by atoms with E-state index in [1.165, 1.54) is 60.6 Å². The van der Waals surface area contributed by atoms with E-state index in [1.54, 1.807) is 6.92 Å². The number of hydrogen-bond acceptors (Lipinski definition) is 33. The van der Waals surface area contributed by atoms with Crippen LogP contribution >= 0.6 is 0 Å². The van der Waals surface area contributed by atoms with E-state index in [4.69, 9.17) is 75.8 Å². The number of unbranched alkanes of at least 4 members (excludes halogenated alkanes) is 2. The minimum atomic E-state index is -2.29. The highest BCUT2D eigenvalue weighted by molar-refractivity contribution is 5.88. The van der Waals surface area contributed by atoms with Crippen molar-refractivity contribution in [3.8, 4) is 0 Å². The maximum absolute atomic E-state index is 14.6. The van der Waals surface area contributed by atoms with Gasteiger partial charge in [0.15, 0.2) is 62.2 Å². The Kier molecular flexibility index (Phi) is 33.1. The third-order valence-corrected chi connectivity index (χ3v) is 19.6. The Hall–Kier alpha value is -3.64. The first kappa shape index (κ1) is 83.6. The van der Waals surface area contributed by atoms with Crippen LogP contribution in [0.2, 0.25) is 0 Å². The molecular weight excluding hydrogens is 1330 g/mol. The Morgan fingerprint density at radius 3 is 1.61 bits per heavy atom. The van der Waals surface area contributed by atoms with Gasteiger partial charge >= 0.3 is 23.9 Å². The molecule has 7 rings (SSSR count). The second-order valence-corrected chi connectivity index (χ2v) is 26.9. The highest BCUT2D eigenvalue weighted by Crippen LogP contribution is 2.41. The molecule has 7 fully saturated rings. The highest BCUT2D eigenvalue weighted by Gasteiger charge is 2.61. The van der Waals surface area contributed by atoms with E-state index in [-0.39, 0.29) is 24.0 Å². The first-order valence-corrected chi connectivity index (χ1v) is 35.2. The van der Waals surface area contributed by atoms with Crippen LogP contribution in [0.3, 0.4) is 0 Å². The Balaban J connectivity index is 1.40. The normalized spacial score (nSPS) is 42.9. The Labute approximate surface area is 581 Å². The maximum atomic E-state index is 14.6. The monoisotopic (exact) mass is 1440 g/mol. The molecule has 0 spiro atoms. The van der Waals surface area contributed by atoms with Gasteiger partial charge in [0.1, 0.15) is 110 Å². The van der Waals surface area contributed by atoms with Crippen molar-refractivity contribution in [2.75, 3.05) is 26.4 Å². The van der Waals surface area contributed by atoms with Crippen molar-refractivity contribution in [2.45, 2.75) is 343 Å². The Bertz CT molecular complexity index is 2580. The third-order valence-electron chi connectivity index (χ3n) is 19.6. The quantitative estimate of drug-likeness (QED) is 0.0273. The van der Waals surface area contributed by atoms with Crippen molar-refractivity contribution in [1.82, 2.24) is 0 Å². The molecule has 7 saturated heterocycles. The largest absolute Gasteiger partial charge is 0.454 e. The van der Waals surface area contributed by atoms with Crippen LogP contribution in [0.25, 0.3) is 0 Å². The number of fused-ring (bicyclic) bond motifs is 4. The number of hydrogen-bond donors (Lipinski definition) is 13. The molecule has 7 aliphatic heterocycles. The summed E-state index contributed by atoms with van der Waals surface area (Å²) in [7, 11) is 0. The number of ether oxygens (including phenoxy) is 16. The molecule has 13 N–H and O–H groups in total. The van der Waals surface area contributed by atoms with Gasteiger partial charge < -0.3 is 142 Å². The molecule has 0 aromatic carbocycles. The summed E-state index contributed by atoms with van der Waals surface area (Å²) in [5.41, 5.74) is 0.0118. The molecule has 0 amide bonds. The summed E-state index contributed by atoms with van der Waals surface area (Å²) in [6, 6.07) is 0. The molecule has 7 aliphatic rings. The van der Waals surface area contributed by atoms with Crippen LogP contribution in [0.1, 0.15) is 152 Å². The summed E-state index contributed by atoms with van der Waals surface area (Å²) in [5, 5.41) is 147. The van der Waals surface area contributed by atoms with E-state index in [0.717, 1.165) is 51.4 Å². The fraction of sp³-hybridized carbons (Fsp3) is 0.881.